The number of fused-ring (bicyclic) bond motifs is 1. The molecule has 0 aliphatic heterocycles. The molecule has 0 saturated heterocycles. The highest BCUT2D eigenvalue weighted by atomic mass is 32.1. The predicted molar refractivity (Wildman–Crippen MR) is 83.8 cm³/mol. The number of anilines is 1. The van der Waals surface area contributed by atoms with Gasteiger partial charge in [-0.2, -0.15) is 13.2 Å². The first-order chi connectivity index (χ1) is 10.8. The summed E-state index contributed by atoms with van der Waals surface area (Å²) >= 11 is 1.55. The second-order valence-electron chi connectivity index (χ2n) is 4.94. The van der Waals surface area contributed by atoms with Crippen molar-refractivity contribution in [1.82, 2.24) is 4.98 Å². The number of thiazole rings is 1. The van der Waals surface area contributed by atoms with Gasteiger partial charge in [-0.05, 0) is 49.4 Å². The summed E-state index contributed by atoms with van der Waals surface area (Å²) in [6.45, 7) is 1.89. The van der Waals surface area contributed by atoms with Crippen LogP contribution in [-0.4, -0.2) is 10.9 Å². The minimum atomic E-state index is -4.41. The number of hydrogen-bond acceptors (Lipinski definition) is 3. The fourth-order valence-corrected chi connectivity index (χ4v) is 2.94. The number of rotatable bonds is 2. The minimum Gasteiger partial charge on any atom is -0.322 e. The Morgan fingerprint density at radius 2 is 1.83 bits per heavy atom. The average Bonchev–Trinajstić information content (AvgIpc) is 2.86. The second kappa shape index (κ2) is 5.66. The van der Waals surface area contributed by atoms with Gasteiger partial charge in [-0.25, -0.2) is 4.98 Å². The maximum absolute atomic E-state index is 12.5. The maximum atomic E-state index is 12.5. The standard InChI is InChI=1S/C16H11F3N2OS/c1-9-20-13-8-12(6-7-14(13)23-9)21-15(22)10-2-4-11(5-3-10)16(17,18)19/h2-8H,1H3,(H,21,22). The van der Waals surface area contributed by atoms with E-state index < -0.39 is 17.6 Å². The van der Waals surface area contributed by atoms with Crippen molar-refractivity contribution >= 4 is 33.1 Å². The van der Waals surface area contributed by atoms with E-state index in [-0.39, 0.29) is 5.56 Å². The zero-order valence-corrected chi connectivity index (χ0v) is 12.8. The van der Waals surface area contributed by atoms with Crippen LogP contribution in [0.25, 0.3) is 10.2 Å². The lowest BCUT2D eigenvalue weighted by Crippen LogP contribution is -2.12. The fourth-order valence-electron chi connectivity index (χ4n) is 2.13. The van der Waals surface area contributed by atoms with Crippen molar-refractivity contribution in [2.24, 2.45) is 0 Å². The number of carbonyl (C=O) groups excluding carboxylic acids is 1. The van der Waals surface area contributed by atoms with Gasteiger partial charge in [-0.1, -0.05) is 0 Å². The average molecular weight is 336 g/mol. The number of halogens is 3. The first-order valence-corrected chi connectivity index (χ1v) is 7.50. The van der Waals surface area contributed by atoms with Crippen molar-refractivity contribution in [2.45, 2.75) is 13.1 Å². The van der Waals surface area contributed by atoms with E-state index in [1.165, 1.54) is 0 Å². The molecule has 0 aliphatic rings. The molecule has 0 spiro atoms. The summed E-state index contributed by atoms with van der Waals surface area (Å²) in [5, 5.41) is 3.58. The first kappa shape index (κ1) is 15.5. The van der Waals surface area contributed by atoms with E-state index in [1.807, 2.05) is 13.0 Å². The van der Waals surface area contributed by atoms with Gasteiger partial charge in [0.15, 0.2) is 0 Å². The number of amides is 1. The second-order valence-corrected chi connectivity index (χ2v) is 6.18. The zero-order chi connectivity index (χ0) is 16.6. The van der Waals surface area contributed by atoms with E-state index >= 15 is 0 Å². The van der Waals surface area contributed by atoms with Crippen molar-refractivity contribution in [3.63, 3.8) is 0 Å². The summed E-state index contributed by atoms with van der Waals surface area (Å²) in [7, 11) is 0. The summed E-state index contributed by atoms with van der Waals surface area (Å²) in [5.41, 5.74) is 0.700. The van der Waals surface area contributed by atoms with E-state index in [9.17, 15) is 18.0 Å². The molecule has 1 N–H and O–H groups in total. The molecule has 0 fully saturated rings. The summed E-state index contributed by atoms with van der Waals surface area (Å²) in [6.07, 6.45) is -4.41. The highest BCUT2D eigenvalue weighted by Crippen LogP contribution is 2.29. The Balaban J connectivity index is 1.79. The molecule has 2 aromatic carbocycles. The number of aromatic nitrogens is 1. The molecule has 23 heavy (non-hydrogen) atoms. The van der Waals surface area contributed by atoms with Crippen LogP contribution in [0.3, 0.4) is 0 Å². The molecule has 3 rings (SSSR count). The quantitative estimate of drug-likeness (QED) is 0.725. The molecule has 118 valence electrons. The van der Waals surface area contributed by atoms with Gasteiger partial charge < -0.3 is 5.32 Å². The smallest absolute Gasteiger partial charge is 0.322 e. The van der Waals surface area contributed by atoms with Crippen molar-refractivity contribution in [1.29, 1.82) is 0 Å². The number of benzene rings is 2. The van der Waals surface area contributed by atoms with Crippen LogP contribution in [0.1, 0.15) is 20.9 Å². The third kappa shape index (κ3) is 3.34. The molecular weight excluding hydrogens is 325 g/mol. The van der Waals surface area contributed by atoms with Gasteiger partial charge in [0.25, 0.3) is 5.91 Å². The number of aryl methyl sites for hydroxylation is 1. The molecule has 7 heteroatoms. The Hall–Kier alpha value is -2.41. The Morgan fingerprint density at radius 3 is 2.48 bits per heavy atom. The van der Waals surface area contributed by atoms with Crippen LogP contribution in [-0.2, 0) is 6.18 Å². The van der Waals surface area contributed by atoms with Gasteiger partial charge in [0, 0.05) is 11.3 Å². The maximum Gasteiger partial charge on any atom is 0.416 e. The van der Waals surface area contributed by atoms with Crippen LogP contribution < -0.4 is 5.32 Å². The highest BCUT2D eigenvalue weighted by Gasteiger charge is 2.30. The Labute approximate surface area is 133 Å². The number of alkyl halides is 3. The summed E-state index contributed by atoms with van der Waals surface area (Å²) in [4.78, 5) is 16.4. The topological polar surface area (TPSA) is 42.0 Å². The van der Waals surface area contributed by atoms with Gasteiger partial charge in [0.2, 0.25) is 0 Å². The lowest BCUT2D eigenvalue weighted by atomic mass is 10.1. The lowest BCUT2D eigenvalue weighted by molar-refractivity contribution is -0.137. The predicted octanol–water partition coefficient (Wildman–Crippen LogP) is 4.88. The molecule has 3 aromatic rings. The molecule has 1 amide bonds. The molecule has 0 saturated carbocycles. The van der Waals surface area contributed by atoms with Gasteiger partial charge in [-0.3, -0.25) is 4.79 Å². The third-order valence-electron chi connectivity index (χ3n) is 3.23. The number of nitrogens with zero attached hydrogens (tertiary/aromatic N) is 1. The Kier molecular flexibility index (Phi) is 3.81. The van der Waals surface area contributed by atoms with Gasteiger partial charge >= 0.3 is 6.18 Å². The number of nitrogens with one attached hydrogen (secondary N) is 1. The van der Waals surface area contributed by atoms with Crippen LogP contribution >= 0.6 is 11.3 Å². The van der Waals surface area contributed by atoms with Crippen LogP contribution in [0, 0.1) is 6.92 Å². The van der Waals surface area contributed by atoms with Crippen molar-refractivity contribution in [3.8, 4) is 0 Å². The van der Waals surface area contributed by atoms with Crippen molar-refractivity contribution in [3.05, 3.63) is 58.6 Å². The first-order valence-electron chi connectivity index (χ1n) is 6.69. The molecule has 0 aliphatic carbocycles. The Morgan fingerprint density at radius 1 is 1.13 bits per heavy atom. The molecule has 1 aromatic heterocycles. The SMILES string of the molecule is Cc1nc2cc(NC(=O)c3ccc(C(F)(F)F)cc3)ccc2s1. The normalized spacial score (nSPS) is 11.7. The van der Waals surface area contributed by atoms with Crippen LogP contribution in [0.4, 0.5) is 18.9 Å². The van der Waals surface area contributed by atoms with Gasteiger partial charge in [0.05, 0.1) is 20.8 Å². The highest BCUT2D eigenvalue weighted by molar-refractivity contribution is 7.18. The molecule has 1 heterocycles. The van der Waals surface area contributed by atoms with E-state index in [4.69, 9.17) is 0 Å². The fraction of sp³-hybridized carbons (Fsp3) is 0.125. The van der Waals surface area contributed by atoms with Crippen LogP contribution in [0.15, 0.2) is 42.5 Å². The van der Waals surface area contributed by atoms with E-state index in [2.05, 4.69) is 10.3 Å². The molecule has 0 radical (unpaired) electrons. The van der Waals surface area contributed by atoms with Gasteiger partial charge in [0.1, 0.15) is 0 Å². The summed E-state index contributed by atoms with van der Waals surface area (Å²) < 4.78 is 38.5. The molecule has 0 bridgehead atoms. The van der Waals surface area contributed by atoms with E-state index in [0.717, 1.165) is 39.5 Å². The van der Waals surface area contributed by atoms with Crippen LogP contribution in [0.2, 0.25) is 0 Å². The van der Waals surface area contributed by atoms with Crippen molar-refractivity contribution in [2.75, 3.05) is 5.32 Å². The van der Waals surface area contributed by atoms with E-state index in [1.54, 1.807) is 23.5 Å². The lowest BCUT2D eigenvalue weighted by Gasteiger charge is -2.08. The summed E-state index contributed by atoms with van der Waals surface area (Å²) in [6, 6.07) is 9.42. The van der Waals surface area contributed by atoms with Gasteiger partial charge in [-0.15, -0.1) is 11.3 Å². The summed E-state index contributed by atoms with van der Waals surface area (Å²) in [5.74, 6) is -0.468. The molecule has 0 unspecified atom stereocenters. The largest absolute Gasteiger partial charge is 0.416 e. The van der Waals surface area contributed by atoms with Crippen molar-refractivity contribution < 1.29 is 18.0 Å². The minimum absolute atomic E-state index is 0.160. The Bertz CT molecular complexity index is 869. The number of carbonyl (C=O) groups is 1. The zero-order valence-electron chi connectivity index (χ0n) is 11.9. The molecule has 0 atom stereocenters. The van der Waals surface area contributed by atoms with Crippen LogP contribution in [0.5, 0.6) is 0 Å². The monoisotopic (exact) mass is 336 g/mol. The van der Waals surface area contributed by atoms with E-state index in [0.29, 0.717) is 5.69 Å². The molecule has 3 nitrogen and oxygen atoms in total. The molecular formula is C16H11F3N2OS. The third-order valence-corrected chi connectivity index (χ3v) is 4.18. The number of hydrogen-bond donors (Lipinski definition) is 1.